The van der Waals surface area contributed by atoms with E-state index in [1.54, 1.807) is 26.0 Å². The fourth-order valence-corrected chi connectivity index (χ4v) is 2.89. The zero-order valence-corrected chi connectivity index (χ0v) is 14.9. The van der Waals surface area contributed by atoms with Crippen molar-refractivity contribution >= 4 is 17.0 Å². The van der Waals surface area contributed by atoms with Crippen LogP contribution in [0.15, 0.2) is 39.8 Å². The van der Waals surface area contributed by atoms with Gasteiger partial charge >= 0.3 is 0 Å². The fourth-order valence-electron chi connectivity index (χ4n) is 2.89. The van der Waals surface area contributed by atoms with Gasteiger partial charge in [-0.15, -0.1) is 0 Å². The first-order valence-corrected chi connectivity index (χ1v) is 8.41. The van der Waals surface area contributed by atoms with Crippen molar-refractivity contribution in [1.29, 1.82) is 0 Å². The van der Waals surface area contributed by atoms with Crippen molar-refractivity contribution in [2.75, 3.05) is 0 Å². The number of aryl methyl sites for hydroxylation is 2. The number of carbonyl (C=O) groups excluding carboxylic acids is 1. The van der Waals surface area contributed by atoms with E-state index < -0.39 is 6.04 Å². The summed E-state index contributed by atoms with van der Waals surface area (Å²) in [6.07, 6.45) is 1.77. The average molecular weight is 357 g/mol. The van der Waals surface area contributed by atoms with Crippen LogP contribution in [0.4, 0.5) is 4.39 Å². The van der Waals surface area contributed by atoms with Crippen LogP contribution >= 0.6 is 0 Å². The number of aromatic nitrogens is 2. The third kappa shape index (κ3) is 3.24. The van der Waals surface area contributed by atoms with Crippen LogP contribution in [0.5, 0.6) is 0 Å². The molecule has 7 heteroatoms. The third-order valence-corrected chi connectivity index (χ3v) is 4.52. The second-order valence-corrected chi connectivity index (χ2v) is 6.19. The highest BCUT2D eigenvalue weighted by Gasteiger charge is 2.22. The first kappa shape index (κ1) is 17.8. The first-order chi connectivity index (χ1) is 12.4. The molecule has 0 saturated carbocycles. The standard InChI is InChI=1S/C19H20FN3O3/c1-4-15(17(24)21-9-13-5-7-14(20)8-6-13)23-10-22-18-16(19(23)25)11(2)12(3)26-18/h5-8,10,15H,4,9H2,1-3H3,(H,21,24). The Morgan fingerprint density at radius 1 is 1.31 bits per heavy atom. The third-order valence-electron chi connectivity index (χ3n) is 4.52. The molecule has 6 nitrogen and oxygen atoms in total. The molecular weight excluding hydrogens is 337 g/mol. The molecule has 3 rings (SSSR count). The van der Waals surface area contributed by atoms with E-state index in [1.165, 1.54) is 23.0 Å². The number of hydrogen-bond donors (Lipinski definition) is 1. The van der Waals surface area contributed by atoms with Gasteiger partial charge in [-0.3, -0.25) is 14.2 Å². The van der Waals surface area contributed by atoms with Gasteiger partial charge in [-0.25, -0.2) is 9.37 Å². The predicted molar refractivity (Wildman–Crippen MR) is 95.3 cm³/mol. The molecule has 0 spiro atoms. The molecule has 2 heterocycles. The van der Waals surface area contributed by atoms with Crippen LogP contribution in [0, 0.1) is 19.7 Å². The maximum Gasteiger partial charge on any atom is 0.265 e. The lowest BCUT2D eigenvalue weighted by Crippen LogP contribution is -2.36. The first-order valence-electron chi connectivity index (χ1n) is 8.41. The van der Waals surface area contributed by atoms with Gasteiger partial charge in [-0.1, -0.05) is 19.1 Å². The van der Waals surface area contributed by atoms with Gasteiger partial charge in [0.05, 0.1) is 0 Å². The van der Waals surface area contributed by atoms with Crippen molar-refractivity contribution in [3.05, 3.63) is 63.7 Å². The second kappa shape index (κ2) is 7.11. The number of nitrogens with zero attached hydrogens (tertiary/aromatic N) is 2. The molecule has 0 aliphatic heterocycles. The molecule has 2 aromatic heterocycles. The Labute approximate surface area is 149 Å². The van der Waals surface area contributed by atoms with Crippen molar-refractivity contribution in [3.63, 3.8) is 0 Å². The minimum atomic E-state index is -0.686. The van der Waals surface area contributed by atoms with Crippen LogP contribution in [0.1, 0.15) is 36.3 Å². The Bertz CT molecular complexity index is 1010. The molecule has 1 amide bonds. The van der Waals surface area contributed by atoms with Gasteiger partial charge in [0.25, 0.3) is 5.56 Å². The molecule has 0 aliphatic rings. The topological polar surface area (TPSA) is 77.1 Å². The molecule has 0 fully saturated rings. The maximum absolute atomic E-state index is 13.0. The maximum atomic E-state index is 13.0. The van der Waals surface area contributed by atoms with Crippen LogP contribution in [0.2, 0.25) is 0 Å². The Morgan fingerprint density at radius 2 is 2.00 bits per heavy atom. The number of furan rings is 1. The van der Waals surface area contributed by atoms with Crippen molar-refractivity contribution in [3.8, 4) is 0 Å². The van der Waals surface area contributed by atoms with E-state index in [9.17, 15) is 14.0 Å². The van der Waals surface area contributed by atoms with E-state index in [1.807, 2.05) is 6.92 Å². The molecular formula is C19H20FN3O3. The van der Waals surface area contributed by atoms with Crippen molar-refractivity contribution in [2.45, 2.75) is 39.8 Å². The van der Waals surface area contributed by atoms with Crippen molar-refractivity contribution < 1.29 is 13.6 Å². The van der Waals surface area contributed by atoms with Crippen LogP contribution in [-0.2, 0) is 11.3 Å². The number of carbonyl (C=O) groups is 1. The summed E-state index contributed by atoms with van der Waals surface area (Å²) in [6, 6.07) is 5.20. The summed E-state index contributed by atoms with van der Waals surface area (Å²) in [5.74, 6) is 0.0114. The molecule has 1 aromatic carbocycles. The lowest BCUT2D eigenvalue weighted by atomic mass is 10.1. The zero-order valence-electron chi connectivity index (χ0n) is 14.9. The molecule has 1 N–H and O–H groups in total. The van der Waals surface area contributed by atoms with E-state index >= 15 is 0 Å². The van der Waals surface area contributed by atoms with Gasteiger partial charge in [0.15, 0.2) is 0 Å². The Morgan fingerprint density at radius 3 is 2.65 bits per heavy atom. The van der Waals surface area contributed by atoms with E-state index in [0.717, 1.165) is 11.1 Å². The summed E-state index contributed by atoms with van der Waals surface area (Å²) in [5.41, 5.74) is 1.49. The van der Waals surface area contributed by atoms with Gasteiger partial charge in [0.1, 0.15) is 29.3 Å². The SMILES string of the molecule is CCC(C(=O)NCc1ccc(F)cc1)n1cnc2oc(C)c(C)c2c1=O. The summed E-state index contributed by atoms with van der Waals surface area (Å²) in [6.45, 7) is 5.65. The molecule has 0 radical (unpaired) electrons. The largest absolute Gasteiger partial charge is 0.443 e. The number of rotatable bonds is 5. The average Bonchev–Trinajstić information content (AvgIpc) is 2.92. The van der Waals surface area contributed by atoms with E-state index in [0.29, 0.717) is 17.6 Å². The van der Waals surface area contributed by atoms with Crippen LogP contribution in [-0.4, -0.2) is 15.5 Å². The molecule has 0 saturated heterocycles. The van der Waals surface area contributed by atoms with Gasteiger partial charge in [-0.05, 0) is 38.0 Å². The summed E-state index contributed by atoms with van der Waals surface area (Å²) >= 11 is 0. The number of benzene rings is 1. The number of halogens is 1. The number of amides is 1. The lowest BCUT2D eigenvalue weighted by Gasteiger charge is -2.17. The van der Waals surface area contributed by atoms with Gasteiger partial charge in [-0.2, -0.15) is 0 Å². The van der Waals surface area contributed by atoms with Crippen molar-refractivity contribution in [1.82, 2.24) is 14.9 Å². The van der Waals surface area contributed by atoms with E-state index in [2.05, 4.69) is 10.3 Å². The second-order valence-electron chi connectivity index (χ2n) is 6.19. The summed E-state index contributed by atoms with van der Waals surface area (Å²) in [5, 5.41) is 3.19. The lowest BCUT2D eigenvalue weighted by molar-refractivity contribution is -0.124. The Hall–Kier alpha value is -2.96. The minimum absolute atomic E-state index is 0.254. The number of hydrogen-bond acceptors (Lipinski definition) is 4. The summed E-state index contributed by atoms with van der Waals surface area (Å²) < 4.78 is 19.8. The van der Waals surface area contributed by atoms with Crippen LogP contribution < -0.4 is 10.9 Å². The van der Waals surface area contributed by atoms with Crippen LogP contribution in [0.25, 0.3) is 11.1 Å². The smallest absolute Gasteiger partial charge is 0.265 e. The molecule has 26 heavy (non-hydrogen) atoms. The zero-order chi connectivity index (χ0) is 18.8. The van der Waals surface area contributed by atoms with Gasteiger partial charge < -0.3 is 9.73 Å². The molecule has 3 aromatic rings. The molecule has 136 valence electrons. The quantitative estimate of drug-likeness (QED) is 0.761. The summed E-state index contributed by atoms with van der Waals surface area (Å²) in [7, 11) is 0. The Balaban J connectivity index is 1.86. The van der Waals surface area contributed by atoms with Gasteiger partial charge in [0.2, 0.25) is 11.6 Å². The molecule has 0 bridgehead atoms. The normalized spacial score (nSPS) is 12.3. The fraction of sp³-hybridized carbons (Fsp3) is 0.316. The highest BCUT2D eigenvalue weighted by molar-refractivity contribution is 5.81. The minimum Gasteiger partial charge on any atom is -0.443 e. The van der Waals surface area contributed by atoms with E-state index in [-0.39, 0.29) is 29.5 Å². The van der Waals surface area contributed by atoms with E-state index in [4.69, 9.17) is 4.42 Å². The Kier molecular flexibility index (Phi) is 4.88. The number of nitrogens with one attached hydrogen (secondary N) is 1. The summed E-state index contributed by atoms with van der Waals surface area (Å²) in [4.78, 5) is 29.6. The molecule has 1 unspecified atom stereocenters. The van der Waals surface area contributed by atoms with Crippen molar-refractivity contribution in [2.24, 2.45) is 0 Å². The monoisotopic (exact) mass is 357 g/mol. The number of fused-ring (bicyclic) bond motifs is 1. The van der Waals surface area contributed by atoms with Gasteiger partial charge in [0, 0.05) is 12.1 Å². The predicted octanol–water partition coefficient (Wildman–Crippen LogP) is 3.01. The molecule has 0 aliphatic carbocycles. The highest BCUT2D eigenvalue weighted by atomic mass is 19.1. The molecule has 1 atom stereocenters. The van der Waals surface area contributed by atoms with Crippen LogP contribution in [0.3, 0.4) is 0 Å². The highest BCUT2D eigenvalue weighted by Crippen LogP contribution is 2.20.